The van der Waals surface area contributed by atoms with Crippen molar-refractivity contribution >= 4 is 17.8 Å². The summed E-state index contributed by atoms with van der Waals surface area (Å²) in [6, 6.07) is 0. The highest BCUT2D eigenvalue weighted by atomic mass is 16.4. The quantitative estimate of drug-likeness (QED) is 0.603. The van der Waals surface area contributed by atoms with Gasteiger partial charge in [-0.3, -0.25) is 14.9 Å². The first-order valence-corrected chi connectivity index (χ1v) is 6.46. The van der Waals surface area contributed by atoms with Crippen molar-refractivity contribution in [1.82, 2.24) is 5.32 Å². The maximum Gasteiger partial charge on any atom is 0.330 e. The number of rotatable bonds is 3. The second-order valence-corrected chi connectivity index (χ2v) is 4.61. The minimum atomic E-state index is -0.883. The van der Waals surface area contributed by atoms with Gasteiger partial charge in [0, 0.05) is 16.7 Å². The topological polar surface area (TPSA) is 83.5 Å². The molecule has 0 fully saturated rings. The molecule has 2 aliphatic rings. The van der Waals surface area contributed by atoms with Gasteiger partial charge in [0.2, 0.25) is 0 Å². The number of nitrogens with one attached hydrogen (secondary N) is 1. The monoisotopic (exact) mass is 265 g/mol. The molecule has 0 saturated heterocycles. The molecular formula is C14H19NO4. The van der Waals surface area contributed by atoms with Crippen LogP contribution < -0.4 is 5.32 Å². The maximum atomic E-state index is 11.0. The van der Waals surface area contributed by atoms with E-state index >= 15 is 0 Å². The molecule has 5 heteroatoms. The van der Waals surface area contributed by atoms with Crippen molar-refractivity contribution < 1.29 is 19.5 Å². The summed E-state index contributed by atoms with van der Waals surface area (Å²) in [6.45, 7) is 5.27. The van der Waals surface area contributed by atoms with E-state index in [1.165, 1.54) is 0 Å². The molecule has 2 amide bonds. The zero-order valence-electron chi connectivity index (χ0n) is 11.1. The first kappa shape index (κ1) is 15.1. The molecule has 0 unspecified atom stereocenters. The Labute approximate surface area is 112 Å². The molecule has 1 aliphatic carbocycles. The van der Waals surface area contributed by atoms with Crippen molar-refractivity contribution in [3.8, 4) is 0 Å². The predicted molar refractivity (Wildman–Crippen MR) is 70.3 cm³/mol. The Morgan fingerprint density at radius 3 is 2.00 bits per heavy atom. The molecule has 1 aliphatic heterocycles. The summed E-state index contributed by atoms with van der Waals surface area (Å²) < 4.78 is 0. The van der Waals surface area contributed by atoms with Crippen LogP contribution in [-0.2, 0) is 14.4 Å². The fourth-order valence-electron chi connectivity index (χ4n) is 2.07. The van der Waals surface area contributed by atoms with Crippen LogP contribution in [0.4, 0.5) is 0 Å². The van der Waals surface area contributed by atoms with Crippen molar-refractivity contribution in [3.63, 3.8) is 0 Å². The molecule has 2 N–H and O–H groups in total. The zero-order chi connectivity index (χ0) is 14.4. The molecule has 1 heterocycles. The van der Waals surface area contributed by atoms with Gasteiger partial charge < -0.3 is 5.11 Å². The van der Waals surface area contributed by atoms with Crippen LogP contribution in [0.5, 0.6) is 0 Å². The summed E-state index contributed by atoms with van der Waals surface area (Å²) in [5, 5.41) is 10.5. The Hall–Kier alpha value is -1.91. The summed E-state index contributed by atoms with van der Waals surface area (Å²) in [6.07, 6.45) is 5.10. The van der Waals surface area contributed by atoms with Gasteiger partial charge in [-0.2, -0.15) is 0 Å². The Morgan fingerprint density at radius 2 is 1.68 bits per heavy atom. The molecule has 0 bridgehead atoms. The highest BCUT2D eigenvalue weighted by molar-refractivity contribution is 6.19. The van der Waals surface area contributed by atoms with Crippen LogP contribution in [0.3, 0.4) is 0 Å². The number of aliphatic carboxylic acids is 1. The summed E-state index contributed by atoms with van der Waals surface area (Å²) >= 11 is 0. The van der Waals surface area contributed by atoms with Crippen molar-refractivity contribution in [2.45, 2.75) is 45.4 Å². The third-order valence-electron chi connectivity index (χ3n) is 3.10. The van der Waals surface area contributed by atoms with Crippen molar-refractivity contribution in [2.24, 2.45) is 0 Å². The van der Waals surface area contributed by atoms with E-state index in [2.05, 4.69) is 11.9 Å². The van der Waals surface area contributed by atoms with Crippen molar-refractivity contribution in [1.29, 1.82) is 0 Å². The third kappa shape index (κ3) is 4.05. The van der Waals surface area contributed by atoms with Crippen LogP contribution in [0.15, 0.2) is 23.3 Å². The Bertz CT molecular complexity index is 422. The van der Waals surface area contributed by atoms with Crippen LogP contribution in [-0.4, -0.2) is 22.9 Å². The molecule has 0 aromatic rings. The molecule has 0 saturated carbocycles. The lowest BCUT2D eigenvalue weighted by Crippen LogP contribution is -2.22. The molecular weight excluding hydrogens is 246 g/mol. The van der Waals surface area contributed by atoms with Crippen molar-refractivity contribution in [2.75, 3.05) is 0 Å². The van der Waals surface area contributed by atoms with Crippen LogP contribution in [0.1, 0.15) is 45.4 Å². The van der Waals surface area contributed by atoms with E-state index in [1.807, 2.05) is 6.92 Å². The standard InChI is InChI=1S/C8H9NO2.C6H10O2/c10-7-5-3-1-2-4-6(5)8(11)9-7;1-3-4-5(2)6(7)8/h1-4H2,(H,9,10,11);2-4H2,1H3,(H,7,8). The van der Waals surface area contributed by atoms with Gasteiger partial charge in [0.05, 0.1) is 0 Å². The van der Waals surface area contributed by atoms with Gasteiger partial charge in [0.15, 0.2) is 0 Å². The summed E-state index contributed by atoms with van der Waals surface area (Å²) in [5.41, 5.74) is 1.77. The molecule has 0 spiro atoms. The highest BCUT2D eigenvalue weighted by Gasteiger charge is 2.30. The Morgan fingerprint density at radius 1 is 1.21 bits per heavy atom. The van der Waals surface area contributed by atoms with Crippen LogP contribution in [0, 0.1) is 0 Å². The molecule has 19 heavy (non-hydrogen) atoms. The first-order chi connectivity index (χ1) is 8.97. The fourth-order valence-corrected chi connectivity index (χ4v) is 2.07. The average Bonchev–Trinajstić information content (AvgIpc) is 2.67. The minimum absolute atomic E-state index is 0.162. The molecule has 5 nitrogen and oxygen atoms in total. The van der Waals surface area contributed by atoms with Gasteiger partial charge in [-0.05, 0) is 32.1 Å². The number of carboxylic acids is 1. The zero-order valence-corrected chi connectivity index (χ0v) is 11.1. The molecule has 2 rings (SSSR count). The minimum Gasteiger partial charge on any atom is -0.478 e. The lowest BCUT2D eigenvalue weighted by atomic mass is 9.93. The van der Waals surface area contributed by atoms with Gasteiger partial charge in [0.25, 0.3) is 11.8 Å². The summed E-state index contributed by atoms with van der Waals surface area (Å²) in [7, 11) is 0. The molecule has 0 radical (unpaired) electrons. The van der Waals surface area contributed by atoms with E-state index in [1.54, 1.807) is 0 Å². The predicted octanol–water partition coefficient (Wildman–Crippen LogP) is 1.94. The summed E-state index contributed by atoms with van der Waals surface area (Å²) in [4.78, 5) is 32.0. The number of hydrogen-bond donors (Lipinski definition) is 2. The van der Waals surface area contributed by atoms with Gasteiger partial charge in [0.1, 0.15) is 0 Å². The van der Waals surface area contributed by atoms with Gasteiger partial charge in [-0.15, -0.1) is 0 Å². The van der Waals surface area contributed by atoms with Crippen molar-refractivity contribution in [3.05, 3.63) is 23.3 Å². The summed E-state index contributed by atoms with van der Waals surface area (Å²) in [5.74, 6) is -1.21. The maximum absolute atomic E-state index is 11.0. The number of imide groups is 1. The number of hydrogen-bond acceptors (Lipinski definition) is 3. The highest BCUT2D eigenvalue weighted by Crippen LogP contribution is 2.28. The number of carbonyl (C=O) groups is 3. The Kier molecular flexibility index (Phi) is 5.48. The normalized spacial score (nSPS) is 17.3. The van der Waals surface area contributed by atoms with Crippen LogP contribution in [0.25, 0.3) is 0 Å². The lowest BCUT2D eigenvalue weighted by molar-refractivity contribution is -0.132. The smallest absolute Gasteiger partial charge is 0.330 e. The van der Waals surface area contributed by atoms with Crippen LogP contribution >= 0.6 is 0 Å². The number of carbonyl (C=O) groups excluding carboxylic acids is 2. The van der Waals surface area contributed by atoms with Gasteiger partial charge >= 0.3 is 5.97 Å². The fraction of sp³-hybridized carbons (Fsp3) is 0.500. The largest absolute Gasteiger partial charge is 0.478 e. The van der Waals surface area contributed by atoms with E-state index in [0.717, 1.165) is 43.3 Å². The molecule has 0 aromatic heterocycles. The molecule has 104 valence electrons. The number of carboxylic acid groups (broad SMARTS) is 1. The van der Waals surface area contributed by atoms with Crippen LogP contribution in [0.2, 0.25) is 0 Å². The lowest BCUT2D eigenvalue weighted by Gasteiger charge is -2.08. The molecule has 0 aromatic carbocycles. The number of amides is 2. The average molecular weight is 265 g/mol. The van der Waals surface area contributed by atoms with Gasteiger partial charge in [-0.1, -0.05) is 19.9 Å². The third-order valence-corrected chi connectivity index (χ3v) is 3.10. The van der Waals surface area contributed by atoms with E-state index in [4.69, 9.17) is 5.11 Å². The van der Waals surface area contributed by atoms with E-state index < -0.39 is 5.97 Å². The second-order valence-electron chi connectivity index (χ2n) is 4.61. The first-order valence-electron chi connectivity index (χ1n) is 6.46. The van der Waals surface area contributed by atoms with E-state index in [9.17, 15) is 14.4 Å². The molecule has 0 atom stereocenters. The van der Waals surface area contributed by atoms with E-state index in [-0.39, 0.29) is 11.8 Å². The Balaban J connectivity index is 0.000000203. The SMILES string of the molecule is C=C(CCC)C(=O)O.O=C1NC(=O)C2=C1CCCC2. The van der Waals surface area contributed by atoms with E-state index in [0.29, 0.717) is 12.0 Å². The van der Waals surface area contributed by atoms with Gasteiger partial charge in [-0.25, -0.2) is 4.79 Å². The second kappa shape index (κ2) is 6.87.